The van der Waals surface area contributed by atoms with E-state index in [2.05, 4.69) is 23.3 Å². The van der Waals surface area contributed by atoms with Crippen molar-refractivity contribution in [3.63, 3.8) is 0 Å². The number of nitrogens with one attached hydrogen (secondary N) is 1. The van der Waals surface area contributed by atoms with Crippen molar-refractivity contribution in [2.24, 2.45) is 5.92 Å². The first-order valence-electron chi connectivity index (χ1n) is 7.16. The summed E-state index contributed by atoms with van der Waals surface area (Å²) in [5.41, 5.74) is 0. The number of thioether (sulfide) groups is 1. The second-order valence-corrected chi connectivity index (χ2v) is 6.64. The first-order valence-corrected chi connectivity index (χ1v) is 8.45. The van der Waals surface area contributed by atoms with Crippen molar-refractivity contribution in [3.8, 4) is 0 Å². The molecule has 0 aromatic heterocycles. The maximum Gasteiger partial charge on any atom is 0.0198 e. The van der Waals surface area contributed by atoms with E-state index in [1.54, 1.807) is 0 Å². The summed E-state index contributed by atoms with van der Waals surface area (Å²) in [6.45, 7) is 1.27. The van der Waals surface area contributed by atoms with Crippen LogP contribution in [0.4, 0.5) is 0 Å². The summed E-state index contributed by atoms with van der Waals surface area (Å²) in [4.78, 5) is 0. The van der Waals surface area contributed by atoms with Crippen LogP contribution in [0.5, 0.6) is 0 Å². The molecule has 94 valence electrons. The summed E-state index contributed by atoms with van der Waals surface area (Å²) in [6, 6.07) is 0.818. The highest BCUT2D eigenvalue weighted by Gasteiger charge is 2.25. The van der Waals surface area contributed by atoms with E-state index in [1.165, 1.54) is 64.3 Å². The fraction of sp³-hybridized carbons (Fsp3) is 1.00. The minimum Gasteiger partial charge on any atom is -0.313 e. The Morgan fingerprint density at radius 2 is 1.81 bits per heavy atom. The van der Waals surface area contributed by atoms with Crippen LogP contribution in [0, 0.1) is 5.92 Å². The lowest BCUT2D eigenvalue weighted by Gasteiger charge is -2.24. The Morgan fingerprint density at radius 1 is 1.00 bits per heavy atom. The average molecular weight is 241 g/mol. The zero-order valence-corrected chi connectivity index (χ0v) is 11.5. The molecule has 2 saturated carbocycles. The van der Waals surface area contributed by atoms with E-state index >= 15 is 0 Å². The molecular formula is C14H27NS. The van der Waals surface area contributed by atoms with E-state index in [0.717, 1.165) is 17.2 Å². The van der Waals surface area contributed by atoms with Crippen LogP contribution in [0.2, 0.25) is 0 Å². The van der Waals surface area contributed by atoms with Crippen LogP contribution in [-0.4, -0.2) is 24.1 Å². The Bertz CT molecular complexity index is 189. The molecular weight excluding hydrogens is 214 g/mol. The molecule has 0 heterocycles. The highest BCUT2D eigenvalue weighted by molar-refractivity contribution is 7.99. The molecule has 2 rings (SSSR count). The van der Waals surface area contributed by atoms with Gasteiger partial charge >= 0.3 is 0 Å². The molecule has 0 amide bonds. The maximum absolute atomic E-state index is 3.81. The Balaban J connectivity index is 1.59. The molecule has 2 aliphatic rings. The minimum absolute atomic E-state index is 0.818. The third-order valence-electron chi connectivity index (χ3n) is 4.44. The van der Waals surface area contributed by atoms with Gasteiger partial charge in [-0.3, -0.25) is 0 Å². The summed E-state index contributed by atoms with van der Waals surface area (Å²) >= 11 is 2.06. The van der Waals surface area contributed by atoms with E-state index in [0.29, 0.717) is 0 Å². The van der Waals surface area contributed by atoms with Gasteiger partial charge in [0.05, 0.1) is 0 Å². The van der Waals surface area contributed by atoms with E-state index in [9.17, 15) is 0 Å². The van der Waals surface area contributed by atoms with Crippen LogP contribution < -0.4 is 5.32 Å². The maximum atomic E-state index is 3.81. The summed E-state index contributed by atoms with van der Waals surface area (Å²) in [5, 5.41) is 4.70. The van der Waals surface area contributed by atoms with Gasteiger partial charge in [0.2, 0.25) is 0 Å². The summed E-state index contributed by atoms with van der Waals surface area (Å²) in [6.07, 6.45) is 15.4. The molecule has 0 aliphatic heterocycles. The third-order valence-corrected chi connectivity index (χ3v) is 5.61. The monoisotopic (exact) mass is 241 g/mol. The smallest absolute Gasteiger partial charge is 0.0198 e. The highest BCUT2D eigenvalue weighted by Crippen LogP contribution is 2.29. The lowest BCUT2D eigenvalue weighted by atomic mass is 9.87. The number of hydrogen-bond acceptors (Lipinski definition) is 2. The molecule has 1 nitrogen and oxygen atoms in total. The van der Waals surface area contributed by atoms with Crippen LogP contribution in [0.1, 0.15) is 57.8 Å². The Hall–Kier alpha value is 0.310. The highest BCUT2D eigenvalue weighted by atomic mass is 32.2. The minimum atomic E-state index is 0.818. The second kappa shape index (κ2) is 6.90. The van der Waals surface area contributed by atoms with Crippen LogP contribution >= 0.6 is 11.8 Å². The van der Waals surface area contributed by atoms with Crippen LogP contribution in [0.15, 0.2) is 0 Å². The van der Waals surface area contributed by atoms with Gasteiger partial charge in [-0.1, -0.05) is 38.5 Å². The van der Waals surface area contributed by atoms with Crippen molar-refractivity contribution in [2.45, 2.75) is 69.1 Å². The van der Waals surface area contributed by atoms with Gasteiger partial charge in [-0.15, -0.1) is 0 Å². The van der Waals surface area contributed by atoms with E-state index in [1.807, 2.05) is 0 Å². The van der Waals surface area contributed by atoms with Crippen LogP contribution in [0.25, 0.3) is 0 Å². The fourth-order valence-corrected chi connectivity index (χ4v) is 4.35. The van der Waals surface area contributed by atoms with E-state index in [4.69, 9.17) is 0 Å². The molecule has 2 fully saturated rings. The predicted octanol–water partition coefficient (Wildman–Crippen LogP) is 3.83. The summed E-state index contributed by atoms with van der Waals surface area (Å²) in [5.74, 6) is 1.04. The first-order chi connectivity index (χ1) is 7.90. The molecule has 2 atom stereocenters. The van der Waals surface area contributed by atoms with Crippen molar-refractivity contribution in [3.05, 3.63) is 0 Å². The summed E-state index contributed by atoms with van der Waals surface area (Å²) < 4.78 is 0. The van der Waals surface area contributed by atoms with Crippen molar-refractivity contribution in [1.29, 1.82) is 0 Å². The van der Waals surface area contributed by atoms with Gasteiger partial charge in [0.15, 0.2) is 0 Å². The Morgan fingerprint density at radius 3 is 2.56 bits per heavy atom. The molecule has 1 N–H and O–H groups in total. The van der Waals surface area contributed by atoms with Crippen LogP contribution in [0.3, 0.4) is 0 Å². The third kappa shape index (κ3) is 3.66. The first kappa shape index (κ1) is 12.8. The van der Waals surface area contributed by atoms with Gasteiger partial charge in [0.25, 0.3) is 0 Å². The Kier molecular flexibility index (Phi) is 5.51. The van der Waals surface area contributed by atoms with Crippen molar-refractivity contribution in [1.82, 2.24) is 5.32 Å². The molecule has 0 saturated heterocycles. The molecule has 2 heteroatoms. The molecule has 0 radical (unpaired) electrons. The lowest BCUT2D eigenvalue weighted by molar-refractivity contribution is 0.328. The molecule has 0 aromatic carbocycles. The predicted molar refractivity (Wildman–Crippen MR) is 74.1 cm³/mol. The SMILES string of the molecule is CSC1CCCC1NCCC1CCCCC1. The van der Waals surface area contributed by atoms with Gasteiger partial charge in [0.1, 0.15) is 0 Å². The van der Waals surface area contributed by atoms with Gasteiger partial charge in [-0.05, 0) is 38.0 Å². The zero-order chi connectivity index (χ0) is 11.2. The molecule has 2 aliphatic carbocycles. The zero-order valence-electron chi connectivity index (χ0n) is 10.7. The van der Waals surface area contributed by atoms with Gasteiger partial charge < -0.3 is 5.32 Å². The Labute approximate surface area is 105 Å². The standard InChI is InChI=1S/C14H27NS/c1-16-14-9-5-8-13(14)15-11-10-12-6-3-2-4-7-12/h12-15H,2-11H2,1H3. The molecule has 2 unspecified atom stereocenters. The fourth-order valence-electron chi connectivity index (χ4n) is 3.39. The van der Waals surface area contributed by atoms with Gasteiger partial charge in [-0.25, -0.2) is 0 Å². The molecule has 0 aromatic rings. The lowest BCUT2D eigenvalue weighted by Crippen LogP contribution is -2.35. The van der Waals surface area contributed by atoms with E-state index in [-0.39, 0.29) is 0 Å². The largest absolute Gasteiger partial charge is 0.313 e. The van der Waals surface area contributed by atoms with Crippen molar-refractivity contribution >= 4 is 11.8 Å². The summed E-state index contributed by atoms with van der Waals surface area (Å²) in [7, 11) is 0. The number of rotatable bonds is 5. The van der Waals surface area contributed by atoms with Gasteiger partial charge in [0, 0.05) is 11.3 Å². The quantitative estimate of drug-likeness (QED) is 0.785. The molecule has 16 heavy (non-hydrogen) atoms. The normalized spacial score (nSPS) is 32.1. The van der Waals surface area contributed by atoms with Crippen molar-refractivity contribution in [2.75, 3.05) is 12.8 Å². The van der Waals surface area contributed by atoms with Crippen LogP contribution in [-0.2, 0) is 0 Å². The molecule has 0 spiro atoms. The number of hydrogen-bond donors (Lipinski definition) is 1. The average Bonchev–Trinajstić information content (AvgIpc) is 2.78. The van der Waals surface area contributed by atoms with Crippen molar-refractivity contribution < 1.29 is 0 Å². The topological polar surface area (TPSA) is 12.0 Å². The molecule has 0 bridgehead atoms. The second-order valence-electron chi connectivity index (χ2n) is 5.56. The van der Waals surface area contributed by atoms with E-state index < -0.39 is 0 Å². The van der Waals surface area contributed by atoms with Gasteiger partial charge in [-0.2, -0.15) is 11.8 Å².